The number of nitro groups is 1. The van der Waals surface area contributed by atoms with Crippen molar-refractivity contribution in [3.63, 3.8) is 0 Å². The number of aromatic nitrogens is 3. The van der Waals surface area contributed by atoms with E-state index in [9.17, 15) is 10.1 Å². The van der Waals surface area contributed by atoms with Crippen LogP contribution in [0.4, 0.5) is 5.69 Å². The maximum atomic E-state index is 10.9. The van der Waals surface area contributed by atoms with Crippen LogP contribution in [0.5, 0.6) is 0 Å². The molecule has 0 saturated heterocycles. The lowest BCUT2D eigenvalue weighted by Crippen LogP contribution is -1.96. The predicted octanol–water partition coefficient (Wildman–Crippen LogP) is 3.24. The van der Waals surface area contributed by atoms with Crippen LogP contribution in [0, 0.1) is 10.1 Å². The standard InChI is InChI=1S/C9H4Cl2N4O2S/c10-5-1-2-6(12-3-5)18-9-7(15(16)17)8(11)13-4-14-9/h1-4H. The van der Waals surface area contributed by atoms with E-state index >= 15 is 0 Å². The summed E-state index contributed by atoms with van der Waals surface area (Å²) in [5.41, 5.74) is -0.332. The second kappa shape index (κ2) is 5.47. The molecule has 0 bridgehead atoms. The lowest BCUT2D eigenvalue weighted by molar-refractivity contribution is -0.388. The summed E-state index contributed by atoms with van der Waals surface area (Å²) in [5, 5.41) is 11.8. The molecule has 0 amide bonds. The van der Waals surface area contributed by atoms with Gasteiger partial charge in [-0.05, 0) is 23.9 Å². The topological polar surface area (TPSA) is 81.8 Å². The molecule has 2 heterocycles. The maximum absolute atomic E-state index is 10.9. The Morgan fingerprint density at radius 3 is 2.61 bits per heavy atom. The molecular formula is C9H4Cl2N4O2S. The molecule has 92 valence electrons. The number of hydrogen-bond acceptors (Lipinski definition) is 6. The fraction of sp³-hybridized carbons (Fsp3) is 0. The van der Waals surface area contributed by atoms with Crippen LogP contribution in [0.25, 0.3) is 0 Å². The first-order chi connectivity index (χ1) is 8.58. The van der Waals surface area contributed by atoms with Crippen molar-refractivity contribution in [2.24, 2.45) is 0 Å². The molecule has 0 saturated carbocycles. The van der Waals surface area contributed by atoms with Gasteiger partial charge in [0.2, 0.25) is 5.15 Å². The molecule has 2 aromatic rings. The summed E-state index contributed by atoms with van der Waals surface area (Å²) >= 11 is 12.4. The Hall–Kier alpha value is -1.44. The lowest BCUT2D eigenvalue weighted by Gasteiger charge is -2.01. The van der Waals surface area contributed by atoms with Gasteiger partial charge in [0.1, 0.15) is 11.4 Å². The molecule has 18 heavy (non-hydrogen) atoms. The van der Waals surface area contributed by atoms with Crippen LogP contribution in [0.2, 0.25) is 10.2 Å². The molecule has 2 rings (SSSR count). The molecule has 0 aliphatic carbocycles. The molecule has 6 nitrogen and oxygen atoms in total. The zero-order valence-corrected chi connectivity index (χ0v) is 10.9. The molecule has 0 unspecified atom stereocenters. The number of halogens is 2. The Morgan fingerprint density at radius 2 is 2.00 bits per heavy atom. The van der Waals surface area contributed by atoms with Crippen molar-refractivity contribution in [1.82, 2.24) is 15.0 Å². The highest BCUT2D eigenvalue weighted by atomic mass is 35.5. The van der Waals surface area contributed by atoms with Gasteiger partial charge in [-0.3, -0.25) is 10.1 Å². The zero-order chi connectivity index (χ0) is 13.1. The summed E-state index contributed by atoms with van der Waals surface area (Å²) in [6.45, 7) is 0. The molecule has 2 aromatic heterocycles. The fourth-order valence-corrected chi connectivity index (χ4v) is 2.27. The van der Waals surface area contributed by atoms with Gasteiger partial charge in [0.25, 0.3) is 0 Å². The monoisotopic (exact) mass is 302 g/mol. The van der Waals surface area contributed by atoms with Gasteiger partial charge in [0, 0.05) is 6.20 Å². The average molecular weight is 303 g/mol. The van der Waals surface area contributed by atoms with Crippen LogP contribution in [0.1, 0.15) is 0 Å². The van der Waals surface area contributed by atoms with Crippen molar-refractivity contribution in [2.75, 3.05) is 0 Å². The van der Waals surface area contributed by atoms with Crippen LogP contribution < -0.4 is 0 Å². The smallest absolute Gasteiger partial charge is 0.258 e. The second-order valence-electron chi connectivity index (χ2n) is 2.99. The maximum Gasteiger partial charge on any atom is 0.338 e. The summed E-state index contributed by atoms with van der Waals surface area (Å²) in [6, 6.07) is 3.26. The molecule has 0 aliphatic heterocycles. The predicted molar refractivity (Wildman–Crippen MR) is 67.1 cm³/mol. The quantitative estimate of drug-likeness (QED) is 0.492. The Kier molecular flexibility index (Phi) is 3.95. The minimum Gasteiger partial charge on any atom is -0.258 e. The normalized spacial score (nSPS) is 10.3. The van der Waals surface area contributed by atoms with E-state index in [0.29, 0.717) is 10.0 Å². The highest BCUT2D eigenvalue weighted by molar-refractivity contribution is 7.99. The summed E-state index contributed by atoms with van der Waals surface area (Å²) in [5.74, 6) is 0. The number of rotatable bonds is 3. The van der Waals surface area contributed by atoms with Gasteiger partial charge < -0.3 is 0 Å². The second-order valence-corrected chi connectivity index (χ2v) is 4.80. The summed E-state index contributed by atoms with van der Waals surface area (Å²) < 4.78 is 0. The Labute approximate surface area is 116 Å². The van der Waals surface area contributed by atoms with E-state index in [2.05, 4.69) is 15.0 Å². The SMILES string of the molecule is O=[N+]([O-])c1c(Cl)ncnc1Sc1ccc(Cl)cn1. The van der Waals surface area contributed by atoms with E-state index in [4.69, 9.17) is 23.2 Å². The minimum atomic E-state index is -0.624. The zero-order valence-electron chi connectivity index (χ0n) is 8.58. The first kappa shape index (κ1) is 13.0. The van der Waals surface area contributed by atoms with Gasteiger partial charge in [0.05, 0.1) is 9.95 Å². The molecular weight excluding hydrogens is 299 g/mol. The van der Waals surface area contributed by atoms with Crippen molar-refractivity contribution in [1.29, 1.82) is 0 Å². The lowest BCUT2D eigenvalue weighted by atomic mass is 10.5. The third-order valence-corrected chi connectivity index (χ3v) is 3.27. The van der Waals surface area contributed by atoms with E-state index in [-0.39, 0.29) is 15.9 Å². The van der Waals surface area contributed by atoms with E-state index in [1.807, 2.05) is 0 Å². The van der Waals surface area contributed by atoms with Crippen molar-refractivity contribution >= 4 is 40.7 Å². The Balaban J connectivity index is 2.37. The van der Waals surface area contributed by atoms with Crippen LogP contribution in [0.15, 0.2) is 34.7 Å². The first-order valence-corrected chi connectivity index (χ1v) is 6.09. The highest BCUT2D eigenvalue weighted by Crippen LogP contribution is 2.35. The third-order valence-electron chi connectivity index (χ3n) is 1.83. The van der Waals surface area contributed by atoms with E-state index < -0.39 is 4.92 Å². The van der Waals surface area contributed by atoms with Crippen LogP contribution >= 0.6 is 35.0 Å². The Bertz CT molecular complexity index is 594. The van der Waals surface area contributed by atoms with Gasteiger partial charge in [-0.15, -0.1) is 0 Å². The largest absolute Gasteiger partial charge is 0.338 e. The van der Waals surface area contributed by atoms with Crippen molar-refractivity contribution in [3.05, 3.63) is 44.9 Å². The van der Waals surface area contributed by atoms with E-state index in [1.165, 1.54) is 6.20 Å². The molecule has 0 spiro atoms. The van der Waals surface area contributed by atoms with Crippen LogP contribution in [-0.2, 0) is 0 Å². The third kappa shape index (κ3) is 2.87. The average Bonchev–Trinajstić information content (AvgIpc) is 2.32. The van der Waals surface area contributed by atoms with E-state index in [1.54, 1.807) is 12.1 Å². The summed E-state index contributed by atoms with van der Waals surface area (Å²) in [7, 11) is 0. The van der Waals surface area contributed by atoms with Crippen molar-refractivity contribution < 1.29 is 4.92 Å². The van der Waals surface area contributed by atoms with E-state index in [0.717, 1.165) is 18.1 Å². The molecule has 0 radical (unpaired) electrons. The van der Waals surface area contributed by atoms with Gasteiger partial charge >= 0.3 is 5.69 Å². The van der Waals surface area contributed by atoms with Crippen LogP contribution in [-0.4, -0.2) is 19.9 Å². The van der Waals surface area contributed by atoms with Gasteiger partial charge in [-0.25, -0.2) is 15.0 Å². The van der Waals surface area contributed by atoms with Gasteiger partial charge in [-0.1, -0.05) is 23.2 Å². The highest BCUT2D eigenvalue weighted by Gasteiger charge is 2.22. The molecule has 9 heteroatoms. The Morgan fingerprint density at radius 1 is 1.22 bits per heavy atom. The van der Waals surface area contributed by atoms with Crippen molar-refractivity contribution in [3.8, 4) is 0 Å². The summed E-state index contributed by atoms with van der Waals surface area (Å²) in [4.78, 5) is 21.7. The molecule has 0 N–H and O–H groups in total. The van der Waals surface area contributed by atoms with Crippen LogP contribution in [0.3, 0.4) is 0 Å². The molecule has 0 aliphatic rings. The van der Waals surface area contributed by atoms with Gasteiger partial charge in [0.15, 0.2) is 5.03 Å². The number of pyridine rings is 1. The van der Waals surface area contributed by atoms with Gasteiger partial charge in [-0.2, -0.15) is 0 Å². The molecule has 0 fully saturated rings. The number of hydrogen-bond donors (Lipinski definition) is 0. The fourth-order valence-electron chi connectivity index (χ4n) is 1.09. The summed E-state index contributed by atoms with van der Waals surface area (Å²) in [6.07, 6.45) is 2.60. The minimum absolute atomic E-state index is 0.134. The first-order valence-electron chi connectivity index (χ1n) is 4.52. The van der Waals surface area contributed by atoms with Crippen molar-refractivity contribution in [2.45, 2.75) is 10.1 Å². The molecule has 0 aromatic carbocycles. The molecule has 0 atom stereocenters. The number of nitrogens with zero attached hydrogens (tertiary/aromatic N) is 4.